The summed E-state index contributed by atoms with van der Waals surface area (Å²) in [6, 6.07) is -0.123. The van der Waals surface area contributed by atoms with E-state index in [0.717, 1.165) is 0 Å². The van der Waals surface area contributed by atoms with E-state index in [1.54, 1.807) is 12.0 Å². The Morgan fingerprint density at radius 3 is 2.57 bits per heavy atom. The standard InChI is InChI=1S/C13H24N2O6/c1-19-8-9-20-7-4-14-13(18)15-5-2-11(3-6-15)21-10-12(16)17/h11H,2-10H2,1H3,(H,14,18)(H,16,17). The molecule has 0 spiro atoms. The molecule has 2 amide bonds. The van der Waals surface area contributed by atoms with Crippen LogP contribution in [0, 0.1) is 0 Å². The third-order valence-corrected chi connectivity index (χ3v) is 3.13. The molecule has 1 rings (SSSR count). The van der Waals surface area contributed by atoms with Crippen LogP contribution in [0.15, 0.2) is 0 Å². The predicted molar refractivity (Wildman–Crippen MR) is 74.3 cm³/mol. The first-order valence-electron chi connectivity index (χ1n) is 7.06. The van der Waals surface area contributed by atoms with Gasteiger partial charge in [-0.2, -0.15) is 0 Å². The molecule has 1 fully saturated rings. The van der Waals surface area contributed by atoms with Crippen molar-refractivity contribution in [2.75, 3.05) is 53.2 Å². The van der Waals surface area contributed by atoms with E-state index in [-0.39, 0.29) is 18.7 Å². The van der Waals surface area contributed by atoms with E-state index in [4.69, 9.17) is 19.3 Å². The largest absolute Gasteiger partial charge is 0.480 e. The van der Waals surface area contributed by atoms with Gasteiger partial charge < -0.3 is 29.5 Å². The average molecular weight is 304 g/mol. The van der Waals surface area contributed by atoms with Crippen LogP contribution in [0.1, 0.15) is 12.8 Å². The minimum absolute atomic E-state index is 0.0810. The highest BCUT2D eigenvalue weighted by atomic mass is 16.5. The summed E-state index contributed by atoms with van der Waals surface area (Å²) in [5.41, 5.74) is 0. The fourth-order valence-electron chi connectivity index (χ4n) is 2.00. The summed E-state index contributed by atoms with van der Waals surface area (Å²) in [5.74, 6) is -0.969. The number of rotatable bonds is 9. The minimum Gasteiger partial charge on any atom is -0.480 e. The van der Waals surface area contributed by atoms with Crippen LogP contribution in [-0.4, -0.2) is 81.3 Å². The van der Waals surface area contributed by atoms with Gasteiger partial charge in [0.2, 0.25) is 0 Å². The van der Waals surface area contributed by atoms with Crippen LogP contribution < -0.4 is 5.32 Å². The molecule has 21 heavy (non-hydrogen) atoms. The molecular formula is C13H24N2O6. The fraction of sp³-hybridized carbons (Fsp3) is 0.846. The van der Waals surface area contributed by atoms with Crippen LogP contribution in [0.5, 0.6) is 0 Å². The summed E-state index contributed by atoms with van der Waals surface area (Å²) in [6.07, 6.45) is 1.23. The lowest BCUT2D eigenvalue weighted by Gasteiger charge is -2.31. The molecule has 0 aromatic heterocycles. The number of nitrogens with zero attached hydrogens (tertiary/aromatic N) is 1. The number of amides is 2. The maximum atomic E-state index is 11.9. The summed E-state index contributed by atoms with van der Waals surface area (Å²) in [4.78, 5) is 24.0. The molecule has 0 aromatic rings. The van der Waals surface area contributed by atoms with Gasteiger partial charge in [-0.3, -0.25) is 0 Å². The van der Waals surface area contributed by atoms with Crippen LogP contribution in [0.25, 0.3) is 0 Å². The molecule has 1 heterocycles. The van der Waals surface area contributed by atoms with Crippen molar-refractivity contribution in [1.82, 2.24) is 10.2 Å². The van der Waals surface area contributed by atoms with Gasteiger partial charge in [0.05, 0.1) is 25.9 Å². The van der Waals surface area contributed by atoms with E-state index in [9.17, 15) is 9.59 Å². The Bertz CT molecular complexity index is 318. The lowest BCUT2D eigenvalue weighted by atomic mass is 10.1. The van der Waals surface area contributed by atoms with Crippen molar-refractivity contribution in [3.63, 3.8) is 0 Å². The predicted octanol–water partition coefficient (Wildman–Crippen LogP) is -0.0754. The van der Waals surface area contributed by atoms with Crippen LogP contribution >= 0.6 is 0 Å². The van der Waals surface area contributed by atoms with Gasteiger partial charge in [0.15, 0.2) is 0 Å². The molecule has 0 saturated carbocycles. The zero-order valence-corrected chi connectivity index (χ0v) is 12.4. The second kappa shape index (κ2) is 10.4. The Kier molecular flexibility index (Phi) is 8.72. The zero-order valence-electron chi connectivity index (χ0n) is 12.4. The van der Waals surface area contributed by atoms with Crippen molar-refractivity contribution in [2.24, 2.45) is 0 Å². The topological polar surface area (TPSA) is 97.3 Å². The molecule has 0 aromatic carbocycles. The molecule has 0 atom stereocenters. The van der Waals surface area contributed by atoms with E-state index < -0.39 is 5.97 Å². The number of nitrogens with one attached hydrogen (secondary N) is 1. The second-order valence-corrected chi connectivity index (χ2v) is 4.73. The van der Waals surface area contributed by atoms with Crippen molar-refractivity contribution in [2.45, 2.75) is 18.9 Å². The number of carboxylic acids is 1. The van der Waals surface area contributed by atoms with Crippen molar-refractivity contribution < 1.29 is 28.9 Å². The van der Waals surface area contributed by atoms with E-state index in [2.05, 4.69) is 5.32 Å². The number of piperidine rings is 1. The number of hydrogen-bond acceptors (Lipinski definition) is 5. The monoisotopic (exact) mass is 304 g/mol. The molecular weight excluding hydrogens is 280 g/mol. The highest BCUT2D eigenvalue weighted by Gasteiger charge is 2.23. The van der Waals surface area contributed by atoms with Crippen molar-refractivity contribution in [3.05, 3.63) is 0 Å². The van der Waals surface area contributed by atoms with Gasteiger partial charge in [-0.25, -0.2) is 9.59 Å². The lowest BCUT2D eigenvalue weighted by molar-refractivity contribution is -0.145. The third-order valence-electron chi connectivity index (χ3n) is 3.13. The molecule has 1 saturated heterocycles. The molecule has 0 unspecified atom stereocenters. The van der Waals surface area contributed by atoms with Crippen LogP contribution in [-0.2, 0) is 19.0 Å². The van der Waals surface area contributed by atoms with E-state index in [1.165, 1.54) is 0 Å². The molecule has 1 aliphatic rings. The molecule has 2 N–H and O–H groups in total. The number of carbonyl (C=O) groups is 2. The Labute approximate surface area is 124 Å². The van der Waals surface area contributed by atoms with Crippen LogP contribution in [0.2, 0.25) is 0 Å². The summed E-state index contributed by atoms with van der Waals surface area (Å²) in [6.45, 7) is 2.82. The highest BCUT2D eigenvalue weighted by molar-refractivity contribution is 5.74. The Hall–Kier alpha value is -1.38. The van der Waals surface area contributed by atoms with Gasteiger partial charge in [-0.15, -0.1) is 0 Å². The second-order valence-electron chi connectivity index (χ2n) is 4.73. The molecule has 0 aliphatic carbocycles. The number of aliphatic carboxylic acids is 1. The Morgan fingerprint density at radius 2 is 1.95 bits per heavy atom. The SMILES string of the molecule is COCCOCCNC(=O)N1CCC(OCC(=O)O)CC1. The van der Waals surface area contributed by atoms with Gasteiger partial charge >= 0.3 is 12.0 Å². The molecule has 8 heteroatoms. The first kappa shape index (κ1) is 17.7. The third kappa shape index (κ3) is 7.84. The average Bonchev–Trinajstić information content (AvgIpc) is 2.49. The smallest absolute Gasteiger partial charge is 0.329 e. The lowest BCUT2D eigenvalue weighted by Crippen LogP contribution is -2.46. The van der Waals surface area contributed by atoms with Gasteiger partial charge in [-0.1, -0.05) is 0 Å². The van der Waals surface area contributed by atoms with Gasteiger partial charge in [0, 0.05) is 26.7 Å². The van der Waals surface area contributed by atoms with Crippen molar-refractivity contribution in [1.29, 1.82) is 0 Å². The van der Waals surface area contributed by atoms with Gasteiger partial charge in [0.25, 0.3) is 0 Å². The molecule has 8 nitrogen and oxygen atoms in total. The first-order valence-corrected chi connectivity index (χ1v) is 7.06. The number of methoxy groups -OCH3 is 1. The first-order chi connectivity index (χ1) is 10.1. The summed E-state index contributed by atoms with van der Waals surface area (Å²) in [5, 5.41) is 11.3. The number of carbonyl (C=O) groups excluding carboxylic acids is 1. The van der Waals surface area contributed by atoms with Crippen molar-refractivity contribution in [3.8, 4) is 0 Å². The maximum Gasteiger partial charge on any atom is 0.329 e. The quantitative estimate of drug-likeness (QED) is 0.579. The van der Waals surface area contributed by atoms with Crippen LogP contribution in [0.3, 0.4) is 0 Å². The normalized spacial score (nSPS) is 16.0. The molecule has 0 bridgehead atoms. The van der Waals surface area contributed by atoms with Gasteiger partial charge in [-0.05, 0) is 12.8 Å². The summed E-state index contributed by atoms with van der Waals surface area (Å²) < 4.78 is 15.3. The Morgan fingerprint density at radius 1 is 1.24 bits per heavy atom. The molecule has 0 radical (unpaired) electrons. The zero-order chi connectivity index (χ0) is 15.5. The van der Waals surface area contributed by atoms with E-state index >= 15 is 0 Å². The van der Waals surface area contributed by atoms with Crippen molar-refractivity contribution >= 4 is 12.0 Å². The number of ether oxygens (including phenoxy) is 3. The minimum atomic E-state index is -0.969. The fourth-order valence-corrected chi connectivity index (χ4v) is 2.00. The van der Waals surface area contributed by atoms with Crippen LogP contribution in [0.4, 0.5) is 4.79 Å². The van der Waals surface area contributed by atoms with Gasteiger partial charge in [0.1, 0.15) is 6.61 Å². The summed E-state index contributed by atoms with van der Waals surface area (Å²) in [7, 11) is 1.61. The summed E-state index contributed by atoms with van der Waals surface area (Å²) >= 11 is 0. The maximum absolute atomic E-state index is 11.9. The Balaban J connectivity index is 2.07. The van der Waals surface area contributed by atoms with E-state index in [0.29, 0.717) is 52.3 Å². The molecule has 1 aliphatic heterocycles. The molecule has 122 valence electrons. The number of carboxylic acid groups (broad SMARTS) is 1. The number of hydrogen-bond donors (Lipinski definition) is 2. The van der Waals surface area contributed by atoms with E-state index in [1.807, 2.05) is 0 Å². The highest BCUT2D eigenvalue weighted by Crippen LogP contribution is 2.13. The number of urea groups is 1. The number of likely N-dealkylation sites (tertiary alicyclic amines) is 1.